The minimum atomic E-state index is -0.801. The van der Waals surface area contributed by atoms with Crippen molar-refractivity contribution in [2.45, 2.75) is 57.4 Å². The van der Waals surface area contributed by atoms with Crippen molar-refractivity contribution in [1.82, 2.24) is 20.2 Å². The molecule has 1 aromatic carbocycles. The summed E-state index contributed by atoms with van der Waals surface area (Å²) in [5, 5.41) is 3.40. The summed E-state index contributed by atoms with van der Waals surface area (Å²) in [5.41, 5.74) is 16.5. The number of rotatable bonds is 11. The Morgan fingerprint density at radius 3 is 2.46 bits per heavy atom. The summed E-state index contributed by atoms with van der Waals surface area (Å²) >= 11 is 0. The van der Waals surface area contributed by atoms with Gasteiger partial charge in [-0.3, -0.25) is 24.5 Å². The molecule has 8 nitrogen and oxygen atoms in total. The summed E-state index contributed by atoms with van der Waals surface area (Å²) in [7, 11) is 0. The molecule has 0 saturated heterocycles. The Bertz CT molecular complexity index is 1140. The largest absolute Gasteiger partial charge is 0.370 e. The number of nitrogens with two attached hydrogens (primary N) is 2. The number of fused-ring (bicyclic) bond motifs is 1. The molecule has 2 amide bonds. The summed E-state index contributed by atoms with van der Waals surface area (Å²) in [6, 6.07) is 17.2. The van der Waals surface area contributed by atoms with Gasteiger partial charge in [-0.25, -0.2) is 0 Å². The summed E-state index contributed by atoms with van der Waals surface area (Å²) in [4.78, 5) is 35.2. The molecule has 182 valence electrons. The van der Waals surface area contributed by atoms with Crippen LogP contribution in [0.4, 0.5) is 0 Å². The second kappa shape index (κ2) is 11.7. The van der Waals surface area contributed by atoms with Crippen LogP contribution in [0.3, 0.4) is 0 Å². The lowest BCUT2D eigenvalue weighted by atomic mass is 9.89. The first-order valence-electron chi connectivity index (χ1n) is 12.0. The van der Waals surface area contributed by atoms with Crippen molar-refractivity contribution in [2.24, 2.45) is 11.5 Å². The van der Waals surface area contributed by atoms with Crippen LogP contribution in [0, 0.1) is 0 Å². The average molecular weight is 473 g/mol. The van der Waals surface area contributed by atoms with Gasteiger partial charge in [-0.1, -0.05) is 36.4 Å². The molecule has 1 unspecified atom stereocenters. The van der Waals surface area contributed by atoms with Crippen LogP contribution in [0.2, 0.25) is 0 Å². The van der Waals surface area contributed by atoms with E-state index in [9.17, 15) is 9.59 Å². The van der Waals surface area contributed by atoms with Gasteiger partial charge in [0.2, 0.25) is 11.8 Å². The van der Waals surface area contributed by atoms with Gasteiger partial charge in [0, 0.05) is 32.0 Å². The van der Waals surface area contributed by atoms with Crippen molar-refractivity contribution in [3.8, 4) is 0 Å². The van der Waals surface area contributed by atoms with Crippen LogP contribution in [-0.2, 0) is 35.6 Å². The summed E-state index contributed by atoms with van der Waals surface area (Å²) in [6.45, 7) is 1.87. The lowest BCUT2D eigenvalue weighted by molar-refractivity contribution is -0.130. The molecule has 1 aliphatic rings. The van der Waals surface area contributed by atoms with E-state index in [1.54, 1.807) is 12.4 Å². The van der Waals surface area contributed by atoms with Gasteiger partial charge < -0.3 is 16.8 Å². The first-order chi connectivity index (χ1) is 17.0. The van der Waals surface area contributed by atoms with Crippen molar-refractivity contribution in [3.05, 3.63) is 95.1 Å². The quantitative estimate of drug-likeness (QED) is 0.393. The van der Waals surface area contributed by atoms with Crippen LogP contribution in [0.1, 0.15) is 53.4 Å². The lowest BCUT2D eigenvalue weighted by Gasteiger charge is -2.38. The number of carbonyl (C=O) groups is 2. The predicted molar refractivity (Wildman–Crippen MR) is 133 cm³/mol. The average Bonchev–Trinajstić information content (AvgIpc) is 2.87. The fourth-order valence-electron chi connectivity index (χ4n) is 4.73. The van der Waals surface area contributed by atoms with Gasteiger partial charge in [0.1, 0.15) is 0 Å². The number of hydrogen-bond acceptors (Lipinski definition) is 6. The zero-order chi connectivity index (χ0) is 24.6. The number of pyridine rings is 2. The highest BCUT2D eigenvalue weighted by molar-refractivity contribution is 5.86. The fourth-order valence-corrected chi connectivity index (χ4v) is 4.73. The summed E-state index contributed by atoms with van der Waals surface area (Å²) in [6.07, 6.45) is 6.20. The zero-order valence-corrected chi connectivity index (χ0v) is 19.8. The molecular weight excluding hydrogens is 440 g/mol. The molecule has 0 spiro atoms. The van der Waals surface area contributed by atoms with E-state index in [1.165, 1.54) is 5.56 Å². The van der Waals surface area contributed by atoms with Gasteiger partial charge in [-0.15, -0.1) is 0 Å². The van der Waals surface area contributed by atoms with Crippen molar-refractivity contribution >= 4 is 11.8 Å². The molecule has 2 heterocycles. The van der Waals surface area contributed by atoms with E-state index < -0.39 is 17.9 Å². The number of aromatic nitrogens is 2. The molecule has 1 aliphatic carbocycles. The summed E-state index contributed by atoms with van der Waals surface area (Å²) < 4.78 is 0. The van der Waals surface area contributed by atoms with E-state index in [0.29, 0.717) is 19.6 Å². The Hall–Kier alpha value is -3.62. The van der Waals surface area contributed by atoms with Crippen molar-refractivity contribution in [3.63, 3.8) is 0 Å². The van der Waals surface area contributed by atoms with Crippen LogP contribution in [0.25, 0.3) is 0 Å². The Kier molecular flexibility index (Phi) is 8.18. The Labute approximate surface area is 205 Å². The van der Waals surface area contributed by atoms with Crippen molar-refractivity contribution in [2.75, 3.05) is 0 Å². The van der Waals surface area contributed by atoms with E-state index in [2.05, 4.69) is 45.6 Å². The van der Waals surface area contributed by atoms with E-state index in [4.69, 9.17) is 11.5 Å². The van der Waals surface area contributed by atoms with Crippen LogP contribution < -0.4 is 16.8 Å². The molecule has 0 fully saturated rings. The Morgan fingerprint density at radius 1 is 0.971 bits per heavy atom. The molecule has 4 rings (SSSR count). The third-order valence-electron chi connectivity index (χ3n) is 6.44. The van der Waals surface area contributed by atoms with Gasteiger partial charge >= 0.3 is 0 Å². The molecule has 2 aromatic heterocycles. The highest BCUT2D eigenvalue weighted by atomic mass is 16.2. The molecule has 0 aliphatic heterocycles. The van der Waals surface area contributed by atoms with Crippen LogP contribution >= 0.6 is 0 Å². The number of nitrogens with zero attached hydrogens (tertiary/aromatic N) is 3. The molecule has 8 heteroatoms. The van der Waals surface area contributed by atoms with Crippen LogP contribution in [0.5, 0.6) is 0 Å². The fraction of sp³-hybridized carbons (Fsp3) is 0.333. The number of primary amides is 2. The highest BCUT2D eigenvalue weighted by Crippen LogP contribution is 2.35. The van der Waals surface area contributed by atoms with E-state index in [0.717, 1.165) is 41.8 Å². The standard InChI is InChI=1S/C27H32N6O2/c28-25(34)15-24(27(29)35)33(23-8-3-5-21-6-4-14-32-26(21)23)18-20-11-9-19(10-12-20)16-30-17-22-7-1-2-13-31-22/h1-2,4,6-7,9-14,23-24,30H,3,5,8,15-18H2,(H2,28,34)(H2,29,35)/t23?,24-/m0/s1. The predicted octanol–water partition coefficient (Wildman–Crippen LogP) is 2.38. The Morgan fingerprint density at radius 2 is 1.74 bits per heavy atom. The van der Waals surface area contributed by atoms with Gasteiger partial charge in [0.25, 0.3) is 0 Å². The highest BCUT2D eigenvalue weighted by Gasteiger charge is 2.35. The lowest BCUT2D eigenvalue weighted by Crippen LogP contribution is -2.48. The number of carbonyl (C=O) groups excluding carboxylic acids is 2. The number of hydrogen-bond donors (Lipinski definition) is 3. The van der Waals surface area contributed by atoms with E-state index >= 15 is 0 Å². The molecule has 5 N–H and O–H groups in total. The third kappa shape index (κ3) is 6.49. The topological polar surface area (TPSA) is 127 Å². The zero-order valence-electron chi connectivity index (χ0n) is 19.8. The van der Waals surface area contributed by atoms with Crippen LogP contribution in [0.15, 0.2) is 67.0 Å². The maximum atomic E-state index is 12.4. The van der Waals surface area contributed by atoms with Crippen molar-refractivity contribution < 1.29 is 9.59 Å². The molecule has 0 bridgehead atoms. The molecule has 3 aromatic rings. The maximum absolute atomic E-state index is 12.4. The van der Waals surface area contributed by atoms with Gasteiger partial charge in [-0.2, -0.15) is 0 Å². The van der Waals surface area contributed by atoms with Gasteiger partial charge in [0.05, 0.1) is 29.9 Å². The van der Waals surface area contributed by atoms with Crippen LogP contribution in [-0.4, -0.2) is 32.7 Å². The second-order valence-electron chi connectivity index (χ2n) is 8.96. The molecule has 0 saturated carbocycles. The monoisotopic (exact) mass is 472 g/mol. The number of nitrogens with one attached hydrogen (secondary N) is 1. The maximum Gasteiger partial charge on any atom is 0.235 e. The normalized spacial score (nSPS) is 16.0. The van der Waals surface area contributed by atoms with Gasteiger partial charge in [-0.05, 0) is 54.2 Å². The minimum absolute atomic E-state index is 0.114. The molecular formula is C27H32N6O2. The number of aryl methyl sites for hydroxylation is 1. The molecule has 2 atom stereocenters. The first-order valence-corrected chi connectivity index (χ1v) is 12.0. The van der Waals surface area contributed by atoms with E-state index in [1.807, 2.05) is 29.2 Å². The second-order valence-corrected chi connectivity index (χ2v) is 8.96. The SMILES string of the molecule is NC(=O)C[C@@H](C(N)=O)N(Cc1ccc(CNCc2ccccn2)cc1)C1CCCc2cccnc21. The first kappa shape index (κ1) is 24.5. The van der Waals surface area contributed by atoms with E-state index in [-0.39, 0.29) is 12.5 Å². The third-order valence-corrected chi connectivity index (χ3v) is 6.44. The summed E-state index contributed by atoms with van der Waals surface area (Å²) in [5.74, 6) is -1.10. The number of amides is 2. The Balaban J connectivity index is 1.51. The minimum Gasteiger partial charge on any atom is -0.370 e. The molecule has 0 radical (unpaired) electrons. The smallest absolute Gasteiger partial charge is 0.235 e. The van der Waals surface area contributed by atoms with Gasteiger partial charge in [0.15, 0.2) is 0 Å². The number of benzene rings is 1. The van der Waals surface area contributed by atoms with Crippen molar-refractivity contribution in [1.29, 1.82) is 0 Å². The molecule has 35 heavy (non-hydrogen) atoms.